The number of rotatable bonds is 4. The van der Waals surface area contributed by atoms with E-state index in [4.69, 9.17) is 4.74 Å². The van der Waals surface area contributed by atoms with E-state index in [0.29, 0.717) is 5.82 Å². The molecule has 1 aromatic heterocycles. The van der Waals surface area contributed by atoms with Crippen molar-refractivity contribution in [1.29, 1.82) is 0 Å². The summed E-state index contributed by atoms with van der Waals surface area (Å²) < 4.78 is 5.48. The molecule has 1 N–H and O–H groups in total. The molecular weight excluding hydrogens is 254 g/mol. The number of nitrogens with zero attached hydrogens (tertiary/aromatic N) is 2. The van der Waals surface area contributed by atoms with Crippen molar-refractivity contribution in [2.45, 2.75) is 13.3 Å². The zero-order valence-electron chi connectivity index (χ0n) is 11.2. The van der Waals surface area contributed by atoms with Crippen molar-refractivity contribution < 1.29 is 9.53 Å². The number of nitrogens with one attached hydrogen (secondary N) is 1. The minimum Gasteiger partial charge on any atom is -0.493 e. The first-order valence-electron chi connectivity index (χ1n) is 6.55. The van der Waals surface area contributed by atoms with Crippen molar-refractivity contribution in [3.8, 4) is 17.0 Å². The second kappa shape index (κ2) is 5.28. The molecule has 1 aliphatic rings. The Balaban J connectivity index is 1.79. The van der Waals surface area contributed by atoms with E-state index in [1.165, 1.54) is 12.5 Å². The van der Waals surface area contributed by atoms with Gasteiger partial charge in [0.15, 0.2) is 0 Å². The topological polar surface area (TPSA) is 64.1 Å². The predicted molar refractivity (Wildman–Crippen MR) is 75.8 cm³/mol. The highest BCUT2D eigenvalue weighted by molar-refractivity contribution is 5.80. The first-order chi connectivity index (χ1) is 9.72. The van der Waals surface area contributed by atoms with Gasteiger partial charge in [0.2, 0.25) is 0 Å². The first kappa shape index (κ1) is 12.6. The minimum atomic E-state index is 0.0644. The zero-order valence-corrected chi connectivity index (χ0v) is 11.2. The molecule has 0 unspecified atom stereocenters. The Kier molecular flexibility index (Phi) is 3.33. The van der Waals surface area contributed by atoms with Gasteiger partial charge in [-0.3, -0.25) is 4.79 Å². The lowest BCUT2D eigenvalue weighted by atomic mass is 10.1. The monoisotopic (exact) mass is 269 g/mol. The molecular formula is C15H15N3O2. The van der Waals surface area contributed by atoms with Gasteiger partial charge in [-0.25, -0.2) is 0 Å². The van der Waals surface area contributed by atoms with Crippen LogP contribution in [0.1, 0.15) is 12.5 Å². The van der Waals surface area contributed by atoms with Gasteiger partial charge in [0.25, 0.3) is 0 Å². The highest BCUT2D eigenvalue weighted by Crippen LogP contribution is 2.29. The molecule has 0 fully saturated rings. The van der Waals surface area contributed by atoms with Gasteiger partial charge in [0.1, 0.15) is 17.4 Å². The second-order valence-corrected chi connectivity index (χ2v) is 4.78. The Bertz CT molecular complexity index is 638. The Labute approximate surface area is 117 Å². The molecule has 0 saturated carbocycles. The SMILES string of the molecule is CC(=O)CNc1ccc(-c2ccc3c(c2)CCO3)nn1. The predicted octanol–water partition coefficient (Wildman–Crippen LogP) is 2.08. The van der Waals surface area contributed by atoms with Crippen LogP contribution in [0, 0.1) is 0 Å². The molecule has 1 aromatic carbocycles. The molecule has 1 aliphatic heterocycles. The summed E-state index contributed by atoms with van der Waals surface area (Å²) in [5.74, 6) is 1.63. The maximum absolute atomic E-state index is 10.9. The van der Waals surface area contributed by atoms with Crippen LogP contribution in [0.5, 0.6) is 5.75 Å². The van der Waals surface area contributed by atoms with Crippen LogP contribution in [0.25, 0.3) is 11.3 Å². The second-order valence-electron chi connectivity index (χ2n) is 4.78. The molecule has 0 aliphatic carbocycles. The van der Waals surface area contributed by atoms with E-state index in [1.807, 2.05) is 24.3 Å². The number of hydrogen-bond acceptors (Lipinski definition) is 5. The molecule has 102 valence electrons. The van der Waals surface area contributed by atoms with Crippen molar-refractivity contribution >= 4 is 11.6 Å². The lowest BCUT2D eigenvalue weighted by molar-refractivity contribution is -0.115. The van der Waals surface area contributed by atoms with Crippen molar-refractivity contribution in [2.24, 2.45) is 0 Å². The normalized spacial score (nSPS) is 12.7. The average molecular weight is 269 g/mol. The highest BCUT2D eigenvalue weighted by Gasteiger charge is 2.13. The number of benzene rings is 1. The van der Waals surface area contributed by atoms with Crippen molar-refractivity contribution in [3.05, 3.63) is 35.9 Å². The van der Waals surface area contributed by atoms with E-state index < -0.39 is 0 Å². The van der Waals surface area contributed by atoms with Gasteiger partial charge >= 0.3 is 0 Å². The number of fused-ring (bicyclic) bond motifs is 1. The standard InChI is InChI=1S/C15H15N3O2/c1-10(19)9-16-15-5-3-13(17-18-15)11-2-4-14-12(8-11)6-7-20-14/h2-5,8H,6-7,9H2,1H3,(H,16,18). The fourth-order valence-electron chi connectivity index (χ4n) is 2.14. The molecule has 0 saturated heterocycles. The summed E-state index contributed by atoms with van der Waals surface area (Å²) in [6, 6.07) is 9.77. The van der Waals surface area contributed by atoms with Crippen LogP contribution in [0.4, 0.5) is 5.82 Å². The number of carbonyl (C=O) groups excluding carboxylic acids is 1. The number of aromatic nitrogens is 2. The summed E-state index contributed by atoms with van der Waals surface area (Å²) in [5, 5.41) is 11.2. The number of carbonyl (C=O) groups is 1. The third-order valence-electron chi connectivity index (χ3n) is 3.17. The molecule has 2 heterocycles. The van der Waals surface area contributed by atoms with Crippen LogP contribution in [0.3, 0.4) is 0 Å². The number of Topliss-reactive ketones (excluding diaryl/α,β-unsaturated/α-hetero) is 1. The average Bonchev–Trinajstić information content (AvgIpc) is 2.93. The summed E-state index contributed by atoms with van der Waals surface area (Å²) in [6.07, 6.45) is 0.939. The van der Waals surface area contributed by atoms with Crippen molar-refractivity contribution in [2.75, 3.05) is 18.5 Å². The quantitative estimate of drug-likeness (QED) is 0.920. The van der Waals surface area contributed by atoms with Crippen LogP contribution in [0.2, 0.25) is 0 Å². The lowest BCUT2D eigenvalue weighted by Crippen LogP contribution is -2.11. The summed E-state index contributed by atoms with van der Waals surface area (Å²) in [7, 11) is 0. The molecule has 0 radical (unpaired) electrons. The summed E-state index contributed by atoms with van der Waals surface area (Å²) >= 11 is 0. The van der Waals surface area contributed by atoms with E-state index in [-0.39, 0.29) is 12.3 Å². The van der Waals surface area contributed by atoms with E-state index >= 15 is 0 Å². The van der Waals surface area contributed by atoms with Crippen LogP contribution in [0.15, 0.2) is 30.3 Å². The molecule has 0 atom stereocenters. The molecule has 0 bridgehead atoms. The van der Waals surface area contributed by atoms with Crippen LogP contribution in [-0.4, -0.2) is 29.1 Å². The van der Waals surface area contributed by atoms with E-state index in [0.717, 1.165) is 30.0 Å². The van der Waals surface area contributed by atoms with E-state index in [9.17, 15) is 4.79 Å². The van der Waals surface area contributed by atoms with Gasteiger partial charge in [-0.2, -0.15) is 0 Å². The van der Waals surface area contributed by atoms with Gasteiger partial charge < -0.3 is 10.1 Å². The molecule has 3 rings (SSSR count). The first-order valence-corrected chi connectivity index (χ1v) is 6.55. The zero-order chi connectivity index (χ0) is 13.9. The smallest absolute Gasteiger partial charge is 0.149 e. The van der Waals surface area contributed by atoms with Gasteiger partial charge in [0, 0.05) is 12.0 Å². The fourth-order valence-corrected chi connectivity index (χ4v) is 2.14. The van der Waals surface area contributed by atoms with Crippen LogP contribution < -0.4 is 10.1 Å². The number of ether oxygens (including phenoxy) is 1. The van der Waals surface area contributed by atoms with Crippen molar-refractivity contribution in [1.82, 2.24) is 10.2 Å². The third kappa shape index (κ3) is 2.61. The van der Waals surface area contributed by atoms with E-state index in [1.54, 1.807) is 0 Å². The van der Waals surface area contributed by atoms with Gasteiger partial charge in [-0.15, -0.1) is 10.2 Å². The van der Waals surface area contributed by atoms with E-state index in [2.05, 4.69) is 21.6 Å². The molecule has 20 heavy (non-hydrogen) atoms. The maximum atomic E-state index is 10.9. The largest absolute Gasteiger partial charge is 0.493 e. The van der Waals surface area contributed by atoms with Crippen LogP contribution >= 0.6 is 0 Å². The Morgan fingerprint density at radius 2 is 2.20 bits per heavy atom. The van der Waals surface area contributed by atoms with Gasteiger partial charge in [-0.1, -0.05) is 0 Å². The number of hydrogen-bond donors (Lipinski definition) is 1. The summed E-state index contributed by atoms with van der Waals surface area (Å²) in [4.78, 5) is 10.9. The van der Waals surface area contributed by atoms with Crippen molar-refractivity contribution in [3.63, 3.8) is 0 Å². The number of ketones is 1. The Morgan fingerprint density at radius 3 is 2.95 bits per heavy atom. The third-order valence-corrected chi connectivity index (χ3v) is 3.17. The summed E-state index contributed by atoms with van der Waals surface area (Å²) in [6.45, 7) is 2.55. The van der Waals surface area contributed by atoms with Gasteiger partial charge in [0.05, 0.1) is 18.8 Å². The lowest BCUT2D eigenvalue weighted by Gasteiger charge is -2.05. The molecule has 0 amide bonds. The molecule has 5 nitrogen and oxygen atoms in total. The van der Waals surface area contributed by atoms with Crippen LogP contribution in [-0.2, 0) is 11.2 Å². The number of anilines is 1. The molecule has 2 aromatic rings. The highest BCUT2D eigenvalue weighted by atomic mass is 16.5. The fraction of sp³-hybridized carbons (Fsp3) is 0.267. The molecule has 5 heteroatoms. The Hall–Kier alpha value is -2.43. The van der Waals surface area contributed by atoms with Gasteiger partial charge in [-0.05, 0) is 42.8 Å². The summed E-state index contributed by atoms with van der Waals surface area (Å²) in [5.41, 5.74) is 3.05. The minimum absolute atomic E-state index is 0.0644. The Morgan fingerprint density at radius 1 is 1.30 bits per heavy atom. The maximum Gasteiger partial charge on any atom is 0.149 e. The molecule has 0 spiro atoms.